The van der Waals surface area contributed by atoms with Gasteiger partial charge in [0.05, 0.1) is 6.04 Å². The predicted octanol–water partition coefficient (Wildman–Crippen LogP) is 1.90. The van der Waals surface area contributed by atoms with E-state index in [1.807, 2.05) is 4.90 Å². The summed E-state index contributed by atoms with van der Waals surface area (Å²) in [6.07, 6.45) is 8.40. The Balaban J connectivity index is 1.92. The Bertz CT molecular complexity index is 248. The lowest BCUT2D eigenvalue weighted by Gasteiger charge is -2.31. The van der Waals surface area contributed by atoms with Crippen molar-refractivity contribution in [2.75, 3.05) is 6.54 Å². The summed E-state index contributed by atoms with van der Waals surface area (Å²) in [4.78, 5) is 14.3. The lowest BCUT2D eigenvalue weighted by atomic mass is 9.83. The number of carbonyl (C=O) groups is 1. The van der Waals surface area contributed by atoms with Crippen molar-refractivity contribution >= 4 is 5.91 Å². The normalized spacial score (nSPS) is 29.4. The molecule has 2 rings (SSSR count). The van der Waals surface area contributed by atoms with Gasteiger partial charge in [-0.3, -0.25) is 4.79 Å². The third-order valence-electron chi connectivity index (χ3n) is 4.28. The molecule has 0 aromatic carbocycles. The largest absolute Gasteiger partial charge is 0.339 e. The number of nitrogens with two attached hydrogens (primary N) is 1. The maximum Gasteiger partial charge on any atom is 0.240 e. The smallest absolute Gasteiger partial charge is 0.240 e. The molecule has 2 atom stereocenters. The van der Waals surface area contributed by atoms with Crippen molar-refractivity contribution in [1.29, 1.82) is 0 Å². The zero-order valence-corrected chi connectivity index (χ0v) is 10.3. The van der Waals surface area contributed by atoms with Crippen LogP contribution in [0, 0.1) is 5.92 Å². The first-order valence-electron chi connectivity index (χ1n) is 6.76. The summed E-state index contributed by atoms with van der Waals surface area (Å²) in [6, 6.07) is 0.169. The molecule has 16 heavy (non-hydrogen) atoms. The summed E-state index contributed by atoms with van der Waals surface area (Å²) < 4.78 is 0. The number of hydrogen-bond acceptors (Lipinski definition) is 2. The van der Waals surface area contributed by atoms with Gasteiger partial charge in [0.1, 0.15) is 0 Å². The third-order valence-corrected chi connectivity index (χ3v) is 4.28. The van der Waals surface area contributed by atoms with E-state index in [-0.39, 0.29) is 11.9 Å². The van der Waals surface area contributed by atoms with E-state index in [9.17, 15) is 4.79 Å². The molecule has 0 unspecified atom stereocenters. The van der Waals surface area contributed by atoms with Crippen molar-refractivity contribution in [3.05, 3.63) is 0 Å². The first-order valence-corrected chi connectivity index (χ1v) is 6.76. The van der Waals surface area contributed by atoms with Gasteiger partial charge in [-0.05, 0) is 38.5 Å². The summed E-state index contributed by atoms with van der Waals surface area (Å²) in [5, 5.41) is 0. The molecule has 1 aliphatic heterocycles. The topological polar surface area (TPSA) is 46.3 Å². The molecule has 0 bridgehead atoms. The summed E-state index contributed by atoms with van der Waals surface area (Å²) in [7, 11) is 0. The molecule has 0 radical (unpaired) electrons. The Morgan fingerprint density at radius 1 is 1.19 bits per heavy atom. The van der Waals surface area contributed by atoms with Gasteiger partial charge in [0, 0.05) is 12.6 Å². The molecule has 1 amide bonds. The number of rotatable bonds is 2. The monoisotopic (exact) mass is 224 g/mol. The summed E-state index contributed by atoms with van der Waals surface area (Å²) in [6.45, 7) is 3.05. The molecule has 1 saturated carbocycles. The van der Waals surface area contributed by atoms with Crippen LogP contribution in [0.2, 0.25) is 0 Å². The maximum absolute atomic E-state index is 12.3. The Morgan fingerprint density at radius 2 is 1.88 bits per heavy atom. The van der Waals surface area contributed by atoms with Crippen molar-refractivity contribution in [1.82, 2.24) is 4.90 Å². The van der Waals surface area contributed by atoms with E-state index >= 15 is 0 Å². The predicted molar refractivity (Wildman–Crippen MR) is 65.0 cm³/mol. The molecular weight excluding hydrogens is 200 g/mol. The molecule has 1 aliphatic carbocycles. The Morgan fingerprint density at radius 3 is 2.44 bits per heavy atom. The first kappa shape index (κ1) is 11.9. The van der Waals surface area contributed by atoms with E-state index < -0.39 is 0 Å². The van der Waals surface area contributed by atoms with Gasteiger partial charge in [-0.25, -0.2) is 0 Å². The van der Waals surface area contributed by atoms with Gasteiger partial charge in [0.15, 0.2) is 0 Å². The first-order chi connectivity index (χ1) is 7.70. The van der Waals surface area contributed by atoms with Crippen LogP contribution in [0.1, 0.15) is 51.9 Å². The lowest BCUT2D eigenvalue weighted by Crippen LogP contribution is -2.49. The molecular formula is C13H24N2O. The van der Waals surface area contributed by atoms with E-state index in [0.29, 0.717) is 12.0 Å². The SMILES string of the molecule is C[C@@H]1CCCN1C(=O)[C@@H](N)C1CCCCC1. The second kappa shape index (κ2) is 5.17. The second-order valence-corrected chi connectivity index (χ2v) is 5.45. The molecule has 0 aromatic rings. The van der Waals surface area contributed by atoms with Crippen molar-refractivity contribution < 1.29 is 4.79 Å². The molecule has 2 fully saturated rings. The van der Waals surface area contributed by atoms with Gasteiger partial charge in [-0.2, -0.15) is 0 Å². The van der Waals surface area contributed by atoms with Gasteiger partial charge >= 0.3 is 0 Å². The minimum Gasteiger partial charge on any atom is -0.339 e. The van der Waals surface area contributed by atoms with Crippen molar-refractivity contribution in [3.63, 3.8) is 0 Å². The molecule has 1 saturated heterocycles. The number of likely N-dealkylation sites (tertiary alicyclic amines) is 1. The molecule has 2 N–H and O–H groups in total. The number of nitrogens with zero attached hydrogens (tertiary/aromatic N) is 1. The van der Waals surface area contributed by atoms with Crippen LogP contribution in [-0.4, -0.2) is 29.4 Å². The van der Waals surface area contributed by atoms with Crippen molar-refractivity contribution in [2.45, 2.75) is 64.0 Å². The molecule has 2 aliphatic rings. The average molecular weight is 224 g/mol. The van der Waals surface area contributed by atoms with Crippen LogP contribution in [0.25, 0.3) is 0 Å². The summed E-state index contributed by atoms with van der Waals surface area (Å²) in [5.41, 5.74) is 6.14. The highest BCUT2D eigenvalue weighted by atomic mass is 16.2. The fourth-order valence-electron chi connectivity index (χ4n) is 3.15. The highest BCUT2D eigenvalue weighted by molar-refractivity contribution is 5.82. The molecule has 3 nitrogen and oxygen atoms in total. The second-order valence-electron chi connectivity index (χ2n) is 5.45. The number of hydrogen-bond donors (Lipinski definition) is 1. The van der Waals surface area contributed by atoms with Gasteiger partial charge in [0.2, 0.25) is 5.91 Å². The number of amides is 1. The zero-order chi connectivity index (χ0) is 11.5. The minimum absolute atomic E-state index is 0.205. The Kier molecular flexibility index (Phi) is 3.85. The zero-order valence-electron chi connectivity index (χ0n) is 10.3. The van der Waals surface area contributed by atoms with E-state index in [1.165, 1.54) is 19.3 Å². The summed E-state index contributed by atoms with van der Waals surface area (Å²) in [5.74, 6) is 0.644. The van der Waals surface area contributed by atoms with Crippen LogP contribution in [0.15, 0.2) is 0 Å². The Labute approximate surface area is 98.4 Å². The average Bonchev–Trinajstić information content (AvgIpc) is 2.75. The fraction of sp³-hybridized carbons (Fsp3) is 0.923. The standard InChI is InChI=1S/C13H24N2O/c1-10-6-5-9-15(10)13(16)12(14)11-7-3-2-4-8-11/h10-12H,2-9,14H2,1H3/t10-,12+/m1/s1. The van der Waals surface area contributed by atoms with E-state index in [0.717, 1.165) is 32.2 Å². The lowest BCUT2D eigenvalue weighted by molar-refractivity contribution is -0.134. The van der Waals surface area contributed by atoms with E-state index in [1.54, 1.807) is 0 Å². The molecule has 0 spiro atoms. The van der Waals surface area contributed by atoms with Gasteiger partial charge < -0.3 is 10.6 Å². The Hall–Kier alpha value is -0.570. The molecule has 0 aromatic heterocycles. The van der Waals surface area contributed by atoms with Gasteiger partial charge in [0.25, 0.3) is 0 Å². The highest BCUT2D eigenvalue weighted by Gasteiger charge is 2.33. The van der Waals surface area contributed by atoms with Gasteiger partial charge in [-0.1, -0.05) is 19.3 Å². The minimum atomic E-state index is -0.235. The van der Waals surface area contributed by atoms with Crippen LogP contribution >= 0.6 is 0 Å². The third kappa shape index (κ3) is 2.40. The van der Waals surface area contributed by atoms with Crippen LogP contribution in [-0.2, 0) is 4.79 Å². The van der Waals surface area contributed by atoms with E-state index in [2.05, 4.69) is 6.92 Å². The van der Waals surface area contributed by atoms with Crippen LogP contribution in [0.4, 0.5) is 0 Å². The van der Waals surface area contributed by atoms with E-state index in [4.69, 9.17) is 5.73 Å². The summed E-state index contributed by atoms with van der Waals surface area (Å²) >= 11 is 0. The van der Waals surface area contributed by atoms with Crippen LogP contribution in [0.5, 0.6) is 0 Å². The van der Waals surface area contributed by atoms with Crippen molar-refractivity contribution in [3.8, 4) is 0 Å². The number of carbonyl (C=O) groups excluding carboxylic acids is 1. The maximum atomic E-state index is 12.3. The molecule has 1 heterocycles. The van der Waals surface area contributed by atoms with Crippen molar-refractivity contribution in [2.24, 2.45) is 11.7 Å². The van der Waals surface area contributed by atoms with Crippen LogP contribution < -0.4 is 5.73 Å². The van der Waals surface area contributed by atoms with Gasteiger partial charge in [-0.15, -0.1) is 0 Å². The molecule has 92 valence electrons. The quantitative estimate of drug-likeness (QED) is 0.778. The fourth-order valence-corrected chi connectivity index (χ4v) is 3.15. The van der Waals surface area contributed by atoms with Crippen LogP contribution in [0.3, 0.4) is 0 Å². The molecule has 3 heteroatoms. The highest BCUT2D eigenvalue weighted by Crippen LogP contribution is 2.27.